The van der Waals surface area contributed by atoms with Gasteiger partial charge < -0.3 is 0 Å². The molecule has 0 saturated carbocycles. The second kappa shape index (κ2) is 3.92. The SMILES string of the molecule is CCCCCc1cn2ccnc2s1. The average molecular weight is 194 g/mol. The topological polar surface area (TPSA) is 17.3 Å². The summed E-state index contributed by atoms with van der Waals surface area (Å²) in [7, 11) is 0. The summed E-state index contributed by atoms with van der Waals surface area (Å²) in [6.45, 7) is 2.24. The minimum absolute atomic E-state index is 1.12. The maximum absolute atomic E-state index is 4.25. The van der Waals surface area contributed by atoms with Crippen LogP contribution in [0.2, 0.25) is 0 Å². The molecule has 0 aliphatic carbocycles. The highest BCUT2D eigenvalue weighted by atomic mass is 32.1. The number of nitrogens with zero attached hydrogens (tertiary/aromatic N) is 2. The second-order valence-electron chi connectivity index (χ2n) is 3.27. The number of unbranched alkanes of at least 4 members (excludes halogenated alkanes) is 2. The van der Waals surface area contributed by atoms with Crippen LogP contribution in [0.3, 0.4) is 0 Å². The van der Waals surface area contributed by atoms with Gasteiger partial charge in [-0.2, -0.15) is 0 Å². The van der Waals surface area contributed by atoms with Crippen LogP contribution in [-0.2, 0) is 6.42 Å². The third-order valence-corrected chi connectivity index (χ3v) is 3.24. The molecule has 3 heteroatoms. The summed E-state index contributed by atoms with van der Waals surface area (Å²) in [4.78, 5) is 6.82. The molecular formula is C10H14N2S. The summed E-state index contributed by atoms with van der Waals surface area (Å²) in [6.07, 6.45) is 11.2. The Labute approximate surface area is 82.2 Å². The van der Waals surface area contributed by atoms with Crippen LogP contribution in [0.5, 0.6) is 0 Å². The van der Waals surface area contributed by atoms with E-state index >= 15 is 0 Å². The fourth-order valence-corrected chi connectivity index (χ4v) is 2.42. The Kier molecular flexibility index (Phi) is 2.64. The van der Waals surface area contributed by atoms with E-state index in [1.54, 1.807) is 11.3 Å². The van der Waals surface area contributed by atoms with Crippen molar-refractivity contribution in [2.75, 3.05) is 0 Å². The van der Waals surface area contributed by atoms with Crippen LogP contribution in [0.25, 0.3) is 4.96 Å². The summed E-state index contributed by atoms with van der Waals surface area (Å²) >= 11 is 1.81. The van der Waals surface area contributed by atoms with E-state index in [-0.39, 0.29) is 0 Å². The Morgan fingerprint density at radius 1 is 1.46 bits per heavy atom. The molecule has 0 spiro atoms. The number of hydrogen-bond donors (Lipinski definition) is 0. The van der Waals surface area contributed by atoms with Crippen LogP contribution in [0.15, 0.2) is 18.6 Å². The molecule has 0 radical (unpaired) electrons. The van der Waals surface area contributed by atoms with Crippen molar-refractivity contribution in [3.63, 3.8) is 0 Å². The molecule has 2 aromatic heterocycles. The third kappa shape index (κ3) is 1.91. The van der Waals surface area contributed by atoms with Gasteiger partial charge in [0.05, 0.1) is 0 Å². The van der Waals surface area contributed by atoms with E-state index in [9.17, 15) is 0 Å². The van der Waals surface area contributed by atoms with Gasteiger partial charge in [0.2, 0.25) is 0 Å². The lowest BCUT2D eigenvalue weighted by atomic mass is 10.2. The fraction of sp³-hybridized carbons (Fsp3) is 0.500. The van der Waals surface area contributed by atoms with Gasteiger partial charge in [-0.15, -0.1) is 11.3 Å². The quantitative estimate of drug-likeness (QED) is 0.683. The Morgan fingerprint density at radius 3 is 3.15 bits per heavy atom. The van der Waals surface area contributed by atoms with E-state index in [0.29, 0.717) is 0 Å². The lowest BCUT2D eigenvalue weighted by molar-refractivity contribution is 0.721. The van der Waals surface area contributed by atoms with Gasteiger partial charge in [0.15, 0.2) is 4.96 Å². The smallest absolute Gasteiger partial charge is 0.193 e. The van der Waals surface area contributed by atoms with Crippen LogP contribution in [-0.4, -0.2) is 9.38 Å². The zero-order chi connectivity index (χ0) is 9.10. The maximum atomic E-state index is 4.25. The van der Waals surface area contributed by atoms with Crippen molar-refractivity contribution in [1.82, 2.24) is 9.38 Å². The fourth-order valence-electron chi connectivity index (χ4n) is 1.44. The zero-order valence-electron chi connectivity index (χ0n) is 7.86. The van der Waals surface area contributed by atoms with Crippen molar-refractivity contribution < 1.29 is 0 Å². The molecule has 0 aromatic carbocycles. The highest BCUT2D eigenvalue weighted by Crippen LogP contribution is 2.18. The summed E-state index contributed by atoms with van der Waals surface area (Å²) < 4.78 is 2.10. The van der Waals surface area contributed by atoms with Gasteiger partial charge in [-0.05, 0) is 12.8 Å². The molecule has 0 aliphatic rings. The predicted molar refractivity (Wildman–Crippen MR) is 56.3 cm³/mol. The number of aromatic nitrogens is 2. The first-order chi connectivity index (χ1) is 6.40. The highest BCUT2D eigenvalue weighted by Gasteiger charge is 2.00. The van der Waals surface area contributed by atoms with Gasteiger partial charge >= 0.3 is 0 Å². The molecule has 0 bridgehead atoms. The highest BCUT2D eigenvalue weighted by molar-refractivity contribution is 7.17. The van der Waals surface area contributed by atoms with Gasteiger partial charge in [0, 0.05) is 23.5 Å². The van der Waals surface area contributed by atoms with Crippen LogP contribution < -0.4 is 0 Å². The van der Waals surface area contributed by atoms with E-state index < -0.39 is 0 Å². The van der Waals surface area contributed by atoms with Crippen molar-refractivity contribution in [3.05, 3.63) is 23.5 Å². The van der Waals surface area contributed by atoms with Crippen LogP contribution >= 0.6 is 11.3 Å². The van der Waals surface area contributed by atoms with Crippen LogP contribution in [0, 0.1) is 0 Å². The molecule has 2 rings (SSSR count). The van der Waals surface area contributed by atoms with Crippen molar-refractivity contribution in [3.8, 4) is 0 Å². The maximum Gasteiger partial charge on any atom is 0.193 e. The van der Waals surface area contributed by atoms with Gasteiger partial charge in [0.1, 0.15) is 0 Å². The number of rotatable bonds is 4. The lowest BCUT2D eigenvalue weighted by Gasteiger charge is -1.93. The average Bonchev–Trinajstić information content (AvgIpc) is 2.64. The standard InChI is InChI=1S/C10H14N2S/c1-2-3-4-5-9-8-12-7-6-11-10(12)13-9/h6-8H,2-5H2,1H3. The van der Waals surface area contributed by atoms with Crippen LogP contribution in [0.4, 0.5) is 0 Å². The summed E-state index contributed by atoms with van der Waals surface area (Å²) in [5, 5.41) is 0. The van der Waals surface area contributed by atoms with E-state index in [0.717, 1.165) is 4.96 Å². The molecule has 0 atom stereocenters. The van der Waals surface area contributed by atoms with Gasteiger partial charge in [-0.25, -0.2) is 4.98 Å². The molecule has 0 fully saturated rings. The molecule has 0 saturated heterocycles. The second-order valence-corrected chi connectivity index (χ2v) is 4.37. The molecule has 2 heterocycles. The monoisotopic (exact) mass is 194 g/mol. The van der Waals surface area contributed by atoms with Crippen molar-refractivity contribution in [2.24, 2.45) is 0 Å². The van der Waals surface area contributed by atoms with Crippen molar-refractivity contribution >= 4 is 16.3 Å². The molecule has 2 nitrogen and oxygen atoms in total. The Bertz CT molecular complexity index is 346. The first-order valence-electron chi connectivity index (χ1n) is 4.81. The third-order valence-electron chi connectivity index (χ3n) is 2.17. The molecule has 2 aromatic rings. The Balaban J connectivity index is 2.03. The summed E-state index contributed by atoms with van der Waals surface area (Å²) in [5.74, 6) is 0. The minimum Gasteiger partial charge on any atom is -0.297 e. The van der Waals surface area contributed by atoms with E-state index in [2.05, 4.69) is 22.5 Å². The zero-order valence-corrected chi connectivity index (χ0v) is 8.68. The Morgan fingerprint density at radius 2 is 2.38 bits per heavy atom. The minimum atomic E-state index is 1.12. The lowest BCUT2D eigenvalue weighted by Crippen LogP contribution is -1.80. The van der Waals surface area contributed by atoms with E-state index in [4.69, 9.17) is 0 Å². The van der Waals surface area contributed by atoms with Crippen molar-refractivity contribution in [1.29, 1.82) is 0 Å². The van der Waals surface area contributed by atoms with Gasteiger partial charge in [0.25, 0.3) is 0 Å². The number of hydrogen-bond acceptors (Lipinski definition) is 2. The van der Waals surface area contributed by atoms with E-state index in [1.165, 1.54) is 30.6 Å². The first kappa shape index (κ1) is 8.75. The number of imidazole rings is 1. The predicted octanol–water partition coefficient (Wildman–Crippen LogP) is 3.13. The summed E-state index contributed by atoms with van der Waals surface area (Å²) in [6, 6.07) is 0. The van der Waals surface area contributed by atoms with Crippen molar-refractivity contribution in [2.45, 2.75) is 32.6 Å². The molecule has 0 aliphatic heterocycles. The number of aryl methyl sites for hydroxylation is 1. The molecule has 70 valence electrons. The number of thiazole rings is 1. The molecule has 13 heavy (non-hydrogen) atoms. The molecule has 0 unspecified atom stereocenters. The molecule has 0 amide bonds. The molecular weight excluding hydrogens is 180 g/mol. The van der Waals surface area contributed by atoms with Crippen LogP contribution in [0.1, 0.15) is 31.1 Å². The number of fused-ring (bicyclic) bond motifs is 1. The Hall–Kier alpha value is -0.830. The normalized spacial score (nSPS) is 11.2. The largest absolute Gasteiger partial charge is 0.297 e. The summed E-state index contributed by atoms with van der Waals surface area (Å²) in [5.41, 5.74) is 0. The van der Waals surface area contributed by atoms with Gasteiger partial charge in [-0.1, -0.05) is 19.8 Å². The van der Waals surface area contributed by atoms with Gasteiger partial charge in [-0.3, -0.25) is 4.40 Å². The first-order valence-corrected chi connectivity index (χ1v) is 5.63. The van der Waals surface area contributed by atoms with E-state index in [1.807, 2.05) is 12.4 Å². The molecule has 0 N–H and O–H groups in total.